The normalized spacial score (nSPS) is 19.1. The van der Waals surface area contributed by atoms with E-state index in [0.717, 1.165) is 36.4 Å². The summed E-state index contributed by atoms with van der Waals surface area (Å²) in [5, 5.41) is 4.76. The average molecular weight is 270 g/mol. The smallest absolute Gasteiger partial charge is 0.139 e. The highest BCUT2D eigenvalue weighted by Crippen LogP contribution is 2.23. The van der Waals surface area contributed by atoms with Gasteiger partial charge in [0.2, 0.25) is 0 Å². The summed E-state index contributed by atoms with van der Waals surface area (Å²) in [7, 11) is 0. The maximum absolute atomic E-state index is 4.53. The molecule has 20 heavy (non-hydrogen) atoms. The number of anilines is 1. The van der Waals surface area contributed by atoms with Crippen LogP contribution in [-0.2, 0) is 0 Å². The van der Waals surface area contributed by atoms with Crippen LogP contribution >= 0.6 is 0 Å². The second-order valence-corrected chi connectivity index (χ2v) is 5.40. The van der Waals surface area contributed by atoms with Crippen LogP contribution in [0, 0.1) is 0 Å². The Morgan fingerprint density at radius 2 is 2.15 bits per heavy atom. The molecule has 4 heteroatoms. The molecule has 0 radical (unpaired) electrons. The second-order valence-electron chi connectivity index (χ2n) is 5.40. The SMILES string of the molecule is CCN(CC1CCCCN1)c1ncnc2ccccc12. The third kappa shape index (κ3) is 2.75. The van der Waals surface area contributed by atoms with Gasteiger partial charge in [0.15, 0.2) is 0 Å². The molecule has 1 aliphatic heterocycles. The zero-order chi connectivity index (χ0) is 13.8. The van der Waals surface area contributed by atoms with Crippen LogP contribution in [0.2, 0.25) is 0 Å². The van der Waals surface area contributed by atoms with Gasteiger partial charge in [0, 0.05) is 24.5 Å². The molecule has 1 fully saturated rings. The first kappa shape index (κ1) is 13.3. The van der Waals surface area contributed by atoms with Gasteiger partial charge in [-0.2, -0.15) is 0 Å². The van der Waals surface area contributed by atoms with Crippen LogP contribution < -0.4 is 10.2 Å². The van der Waals surface area contributed by atoms with Crippen LogP contribution in [-0.4, -0.2) is 35.6 Å². The number of fused-ring (bicyclic) bond motifs is 1. The fourth-order valence-corrected chi connectivity index (χ4v) is 2.95. The molecule has 1 aromatic heterocycles. The number of rotatable bonds is 4. The maximum atomic E-state index is 4.53. The molecule has 1 atom stereocenters. The van der Waals surface area contributed by atoms with Gasteiger partial charge in [-0.05, 0) is 38.4 Å². The van der Waals surface area contributed by atoms with E-state index in [9.17, 15) is 0 Å². The molecule has 3 rings (SSSR count). The summed E-state index contributed by atoms with van der Waals surface area (Å²) in [4.78, 5) is 11.3. The van der Waals surface area contributed by atoms with Crippen molar-refractivity contribution in [3.8, 4) is 0 Å². The Morgan fingerprint density at radius 1 is 1.25 bits per heavy atom. The molecule has 1 aromatic carbocycles. The Kier molecular flexibility index (Phi) is 4.11. The number of hydrogen-bond acceptors (Lipinski definition) is 4. The van der Waals surface area contributed by atoms with Crippen LogP contribution in [0.15, 0.2) is 30.6 Å². The van der Waals surface area contributed by atoms with Gasteiger partial charge in [0.1, 0.15) is 12.1 Å². The molecule has 1 N–H and O–H groups in total. The largest absolute Gasteiger partial charge is 0.355 e. The van der Waals surface area contributed by atoms with Crippen LogP contribution in [0.25, 0.3) is 10.9 Å². The molecule has 0 aliphatic carbocycles. The molecule has 4 nitrogen and oxygen atoms in total. The van der Waals surface area contributed by atoms with Crippen molar-refractivity contribution in [1.29, 1.82) is 0 Å². The molecule has 1 aliphatic rings. The van der Waals surface area contributed by atoms with Gasteiger partial charge >= 0.3 is 0 Å². The van der Waals surface area contributed by atoms with Crippen LogP contribution in [0.3, 0.4) is 0 Å². The Hall–Kier alpha value is -1.68. The molecule has 0 saturated carbocycles. The van der Waals surface area contributed by atoms with Gasteiger partial charge in [0.05, 0.1) is 5.52 Å². The summed E-state index contributed by atoms with van der Waals surface area (Å²) < 4.78 is 0. The zero-order valence-electron chi connectivity index (χ0n) is 12.0. The number of para-hydroxylation sites is 1. The van der Waals surface area contributed by atoms with Crippen molar-refractivity contribution in [1.82, 2.24) is 15.3 Å². The lowest BCUT2D eigenvalue weighted by molar-refractivity contribution is 0.400. The van der Waals surface area contributed by atoms with Crippen molar-refractivity contribution in [2.45, 2.75) is 32.2 Å². The second kappa shape index (κ2) is 6.18. The molecule has 106 valence electrons. The fourth-order valence-electron chi connectivity index (χ4n) is 2.95. The first-order chi connectivity index (χ1) is 9.88. The third-order valence-electron chi connectivity index (χ3n) is 4.06. The Bertz CT molecular complexity index is 558. The standard InChI is InChI=1S/C16H22N4/c1-2-20(11-13-7-5-6-10-17-13)16-14-8-3-4-9-15(14)18-12-19-16/h3-4,8-9,12-13,17H,2,5-7,10-11H2,1H3. The van der Waals surface area contributed by atoms with Gasteiger partial charge in [-0.15, -0.1) is 0 Å². The Labute approximate surface area is 120 Å². The number of aromatic nitrogens is 2. The summed E-state index contributed by atoms with van der Waals surface area (Å²) in [6, 6.07) is 8.83. The van der Waals surface area contributed by atoms with E-state index in [2.05, 4.69) is 39.2 Å². The molecule has 2 heterocycles. The molecule has 2 aromatic rings. The predicted octanol–water partition coefficient (Wildman–Crippen LogP) is 2.60. The first-order valence-corrected chi connectivity index (χ1v) is 7.56. The van der Waals surface area contributed by atoms with Gasteiger partial charge in [-0.3, -0.25) is 0 Å². The number of likely N-dealkylation sites (N-methyl/N-ethyl adjacent to an activating group) is 1. The number of nitrogens with zero attached hydrogens (tertiary/aromatic N) is 3. The lowest BCUT2D eigenvalue weighted by atomic mass is 10.0. The van der Waals surface area contributed by atoms with Crippen LogP contribution in [0.1, 0.15) is 26.2 Å². The lowest BCUT2D eigenvalue weighted by Crippen LogP contribution is -2.44. The first-order valence-electron chi connectivity index (χ1n) is 7.56. The number of hydrogen-bond donors (Lipinski definition) is 1. The summed E-state index contributed by atoms with van der Waals surface area (Å²) in [5.74, 6) is 1.06. The van der Waals surface area contributed by atoms with Gasteiger partial charge < -0.3 is 10.2 Å². The monoisotopic (exact) mass is 270 g/mol. The molecular weight excluding hydrogens is 248 g/mol. The molecule has 0 bridgehead atoms. The Morgan fingerprint density at radius 3 is 2.95 bits per heavy atom. The highest BCUT2D eigenvalue weighted by atomic mass is 15.2. The van der Waals surface area contributed by atoms with Crippen molar-refractivity contribution in [3.63, 3.8) is 0 Å². The van der Waals surface area contributed by atoms with E-state index in [1.54, 1.807) is 6.33 Å². The predicted molar refractivity (Wildman–Crippen MR) is 83.1 cm³/mol. The number of piperidine rings is 1. The van der Waals surface area contributed by atoms with E-state index >= 15 is 0 Å². The molecule has 1 saturated heterocycles. The summed E-state index contributed by atoms with van der Waals surface area (Å²) in [6.45, 7) is 5.34. The fraction of sp³-hybridized carbons (Fsp3) is 0.500. The average Bonchev–Trinajstić information content (AvgIpc) is 2.53. The van der Waals surface area contributed by atoms with E-state index in [1.807, 2.05) is 12.1 Å². The van der Waals surface area contributed by atoms with Gasteiger partial charge in [0.25, 0.3) is 0 Å². The highest BCUT2D eigenvalue weighted by molar-refractivity contribution is 5.89. The van der Waals surface area contributed by atoms with Crippen LogP contribution in [0.4, 0.5) is 5.82 Å². The van der Waals surface area contributed by atoms with Crippen molar-refractivity contribution >= 4 is 16.7 Å². The van der Waals surface area contributed by atoms with Gasteiger partial charge in [-0.25, -0.2) is 9.97 Å². The quantitative estimate of drug-likeness (QED) is 0.927. The van der Waals surface area contributed by atoms with E-state index < -0.39 is 0 Å². The molecule has 1 unspecified atom stereocenters. The van der Waals surface area contributed by atoms with E-state index in [-0.39, 0.29) is 0 Å². The minimum atomic E-state index is 0.581. The molecular formula is C16H22N4. The van der Waals surface area contributed by atoms with Crippen molar-refractivity contribution in [2.75, 3.05) is 24.5 Å². The van der Waals surface area contributed by atoms with Crippen LogP contribution in [0.5, 0.6) is 0 Å². The van der Waals surface area contributed by atoms with Crippen molar-refractivity contribution in [2.24, 2.45) is 0 Å². The van der Waals surface area contributed by atoms with E-state index in [1.165, 1.54) is 19.3 Å². The minimum absolute atomic E-state index is 0.581. The lowest BCUT2D eigenvalue weighted by Gasteiger charge is -2.31. The topological polar surface area (TPSA) is 41.0 Å². The Balaban J connectivity index is 1.86. The van der Waals surface area contributed by atoms with Crippen molar-refractivity contribution < 1.29 is 0 Å². The minimum Gasteiger partial charge on any atom is -0.355 e. The maximum Gasteiger partial charge on any atom is 0.139 e. The van der Waals surface area contributed by atoms with E-state index in [0.29, 0.717) is 6.04 Å². The van der Waals surface area contributed by atoms with Gasteiger partial charge in [-0.1, -0.05) is 18.6 Å². The summed E-state index contributed by atoms with van der Waals surface area (Å²) in [6.07, 6.45) is 5.58. The highest BCUT2D eigenvalue weighted by Gasteiger charge is 2.18. The number of nitrogens with one attached hydrogen (secondary N) is 1. The number of benzene rings is 1. The molecule has 0 spiro atoms. The summed E-state index contributed by atoms with van der Waals surface area (Å²) in [5.41, 5.74) is 1.02. The third-order valence-corrected chi connectivity index (χ3v) is 4.06. The van der Waals surface area contributed by atoms with Crippen molar-refractivity contribution in [3.05, 3.63) is 30.6 Å². The van der Waals surface area contributed by atoms with E-state index in [4.69, 9.17) is 0 Å². The zero-order valence-corrected chi connectivity index (χ0v) is 12.0. The summed E-state index contributed by atoms with van der Waals surface area (Å²) >= 11 is 0. The molecule has 0 amide bonds.